The first-order valence-electron chi connectivity index (χ1n) is 13.8. The summed E-state index contributed by atoms with van der Waals surface area (Å²) in [7, 11) is 0. The fourth-order valence-corrected chi connectivity index (χ4v) is 6.23. The van der Waals surface area contributed by atoms with Crippen molar-refractivity contribution in [2.75, 3.05) is 21.3 Å². The lowest BCUT2D eigenvalue weighted by Crippen LogP contribution is -2.55. The Bertz CT molecular complexity index is 1920. The number of fused-ring (bicyclic) bond motifs is 2. The Labute approximate surface area is 262 Å². The first-order chi connectivity index (χ1) is 21.9. The van der Waals surface area contributed by atoms with E-state index < -0.39 is 74.8 Å². The first kappa shape index (κ1) is 31.3. The molecular weight excluding hydrogens is 630 g/mol. The molecule has 2 aliphatic heterocycles. The maximum absolute atomic E-state index is 15.1. The normalized spacial score (nSPS) is 15.1. The van der Waals surface area contributed by atoms with Crippen molar-refractivity contribution in [2.24, 2.45) is 0 Å². The molecule has 4 amide bonds. The van der Waals surface area contributed by atoms with Gasteiger partial charge in [0.2, 0.25) is 5.41 Å². The molecule has 0 aromatic heterocycles. The number of rotatable bonds is 4. The van der Waals surface area contributed by atoms with Crippen molar-refractivity contribution in [2.45, 2.75) is 31.6 Å². The van der Waals surface area contributed by atoms with Gasteiger partial charge in [0.05, 0.1) is 33.6 Å². The predicted octanol–water partition coefficient (Wildman–Crippen LogP) is 6.48. The van der Waals surface area contributed by atoms with Gasteiger partial charge in [0.15, 0.2) is 0 Å². The number of carbonyl (C=O) groups is 4. The van der Waals surface area contributed by atoms with Crippen LogP contribution in [0.2, 0.25) is 0 Å². The predicted molar refractivity (Wildman–Crippen MR) is 159 cm³/mol. The van der Waals surface area contributed by atoms with Crippen LogP contribution in [0.4, 0.5) is 49.1 Å². The van der Waals surface area contributed by atoms with Crippen LogP contribution in [-0.2, 0) is 5.41 Å². The van der Waals surface area contributed by atoms with E-state index in [0.29, 0.717) is 56.6 Å². The molecule has 2 aliphatic rings. The molecule has 0 atom stereocenters. The Morgan fingerprint density at radius 2 is 0.830 bits per heavy atom. The zero-order chi connectivity index (χ0) is 34.4. The molecule has 4 aromatic carbocycles. The van der Waals surface area contributed by atoms with Crippen LogP contribution in [0.15, 0.2) is 72.8 Å². The smallest absolute Gasteiger partial charge is 0.399 e. The fourth-order valence-electron chi connectivity index (χ4n) is 6.23. The maximum atomic E-state index is 15.1. The summed E-state index contributed by atoms with van der Waals surface area (Å²) in [5.41, 5.74) is 3.09. The lowest BCUT2D eigenvalue weighted by Gasteiger charge is -2.38. The Morgan fingerprint density at radius 1 is 0.489 bits per heavy atom. The Morgan fingerprint density at radius 3 is 1.15 bits per heavy atom. The third kappa shape index (κ3) is 4.38. The molecule has 0 aliphatic carbocycles. The van der Waals surface area contributed by atoms with E-state index >= 15 is 26.3 Å². The topological polar surface area (TPSA) is 127 Å². The highest BCUT2D eigenvalue weighted by atomic mass is 19.4. The van der Waals surface area contributed by atoms with E-state index in [-0.39, 0.29) is 11.4 Å². The molecule has 8 nitrogen and oxygen atoms in total. The third-order valence-electron chi connectivity index (χ3n) is 8.41. The summed E-state index contributed by atoms with van der Waals surface area (Å²) >= 11 is 0. The van der Waals surface area contributed by atoms with Crippen LogP contribution in [-0.4, -0.2) is 36.0 Å². The van der Waals surface area contributed by atoms with E-state index in [1.807, 2.05) is 0 Å². The van der Waals surface area contributed by atoms with Gasteiger partial charge in [0.1, 0.15) is 0 Å². The highest BCUT2D eigenvalue weighted by Gasteiger charge is 2.73. The maximum Gasteiger partial charge on any atom is 0.411 e. The number of amides is 4. The van der Waals surface area contributed by atoms with Gasteiger partial charge in [-0.25, -0.2) is 9.80 Å². The first-order valence-corrected chi connectivity index (χ1v) is 13.8. The summed E-state index contributed by atoms with van der Waals surface area (Å²) in [6.07, 6.45) is -12.2. The van der Waals surface area contributed by atoms with Crippen LogP contribution in [0.25, 0.3) is 0 Å². The van der Waals surface area contributed by atoms with E-state index in [1.165, 1.54) is 50.2 Å². The average Bonchev–Trinajstić information content (AvgIpc) is 3.36. The SMILES string of the molecule is Cc1cc(N)ccc1N1C(=O)c2ccc(C(c3ccc4c(c3)C(=O)N(c3ccc(N)cc3C)C4=O)(C(F)(F)F)C(F)(F)F)cc2C1=O. The van der Waals surface area contributed by atoms with Gasteiger partial charge in [-0.05, 0) is 96.8 Å². The Hall–Kier alpha value is -5.66. The highest BCUT2D eigenvalue weighted by Crippen LogP contribution is 2.57. The third-order valence-corrected chi connectivity index (χ3v) is 8.41. The van der Waals surface area contributed by atoms with E-state index in [4.69, 9.17) is 11.5 Å². The minimum Gasteiger partial charge on any atom is -0.399 e. The number of nitrogen functional groups attached to an aromatic ring is 2. The molecule has 14 heteroatoms. The standard InChI is InChI=1S/C33H22F6N4O4/c1-15-11-19(40)5-9-25(15)42-27(44)21-7-3-17(13-23(21)29(42)46)31(32(34,35)36,33(37,38)39)18-4-8-22-24(14-18)30(47)43(28(22)45)26-10-6-20(41)12-16(26)2/h3-14H,40-41H2,1-2H3. The summed E-state index contributed by atoms with van der Waals surface area (Å²) in [5, 5.41) is 0. The minimum absolute atomic E-state index is 0.0487. The van der Waals surface area contributed by atoms with Gasteiger partial charge in [-0.15, -0.1) is 0 Å². The molecule has 6 rings (SSSR count). The molecule has 0 bridgehead atoms. The van der Waals surface area contributed by atoms with Gasteiger partial charge >= 0.3 is 12.4 Å². The number of anilines is 4. The number of hydrogen-bond acceptors (Lipinski definition) is 6. The van der Waals surface area contributed by atoms with Crippen molar-refractivity contribution in [3.63, 3.8) is 0 Å². The number of halogens is 6. The van der Waals surface area contributed by atoms with Crippen molar-refractivity contribution in [1.29, 1.82) is 0 Å². The largest absolute Gasteiger partial charge is 0.411 e. The number of nitrogens with two attached hydrogens (primary N) is 2. The molecule has 2 heterocycles. The van der Waals surface area contributed by atoms with Gasteiger partial charge in [0.25, 0.3) is 23.6 Å². The quantitative estimate of drug-likeness (QED) is 0.148. The second kappa shape index (κ2) is 10.2. The second-order valence-corrected chi connectivity index (χ2v) is 11.2. The molecule has 47 heavy (non-hydrogen) atoms. The molecule has 0 unspecified atom stereocenters. The van der Waals surface area contributed by atoms with Gasteiger partial charge in [-0.1, -0.05) is 12.1 Å². The van der Waals surface area contributed by atoms with Gasteiger partial charge in [-0.3, -0.25) is 19.2 Å². The zero-order valence-electron chi connectivity index (χ0n) is 24.4. The Balaban J connectivity index is 1.52. The number of aryl methyl sites for hydroxylation is 2. The number of carbonyl (C=O) groups excluding carboxylic acids is 4. The molecule has 0 spiro atoms. The summed E-state index contributed by atoms with van der Waals surface area (Å²) < 4.78 is 90.5. The molecule has 0 saturated carbocycles. The van der Waals surface area contributed by atoms with E-state index in [1.54, 1.807) is 0 Å². The molecule has 0 fully saturated rings. The number of alkyl halides is 6. The molecule has 4 N–H and O–H groups in total. The monoisotopic (exact) mass is 652 g/mol. The molecule has 240 valence electrons. The lowest BCUT2D eigenvalue weighted by atomic mass is 9.71. The van der Waals surface area contributed by atoms with Crippen LogP contribution >= 0.6 is 0 Å². The molecule has 0 radical (unpaired) electrons. The lowest BCUT2D eigenvalue weighted by molar-refractivity contribution is -0.288. The summed E-state index contributed by atoms with van der Waals surface area (Å²) in [5.74, 6) is -4.17. The van der Waals surface area contributed by atoms with Crippen LogP contribution in [0.5, 0.6) is 0 Å². The Kier molecular flexibility index (Phi) is 6.78. The van der Waals surface area contributed by atoms with Crippen molar-refractivity contribution in [3.05, 3.63) is 117 Å². The summed E-state index contributed by atoms with van der Waals surface area (Å²) in [6, 6.07) is 11.5. The van der Waals surface area contributed by atoms with Crippen molar-refractivity contribution in [3.8, 4) is 0 Å². The molecule has 4 aromatic rings. The fraction of sp³-hybridized carbons (Fsp3) is 0.152. The minimum atomic E-state index is -6.09. The number of nitrogens with zero attached hydrogens (tertiary/aromatic N) is 2. The van der Waals surface area contributed by atoms with Crippen LogP contribution in [0.1, 0.15) is 63.7 Å². The van der Waals surface area contributed by atoms with E-state index in [9.17, 15) is 19.2 Å². The molecule has 0 saturated heterocycles. The second-order valence-electron chi connectivity index (χ2n) is 11.2. The van der Waals surface area contributed by atoms with Crippen LogP contribution < -0.4 is 21.3 Å². The number of benzene rings is 4. The van der Waals surface area contributed by atoms with Gasteiger partial charge in [0, 0.05) is 11.4 Å². The van der Waals surface area contributed by atoms with Crippen molar-refractivity contribution < 1.29 is 45.5 Å². The van der Waals surface area contributed by atoms with Crippen LogP contribution in [0, 0.1) is 13.8 Å². The van der Waals surface area contributed by atoms with E-state index in [2.05, 4.69) is 0 Å². The van der Waals surface area contributed by atoms with Crippen LogP contribution in [0.3, 0.4) is 0 Å². The van der Waals surface area contributed by atoms with Crippen molar-refractivity contribution in [1.82, 2.24) is 0 Å². The van der Waals surface area contributed by atoms with Gasteiger partial charge < -0.3 is 11.5 Å². The molecular formula is C33H22F6N4O4. The summed E-state index contributed by atoms with van der Waals surface area (Å²) in [4.78, 5) is 54.6. The summed E-state index contributed by atoms with van der Waals surface area (Å²) in [6.45, 7) is 3.04. The zero-order valence-corrected chi connectivity index (χ0v) is 24.4. The number of hydrogen-bond donors (Lipinski definition) is 2. The number of imide groups is 2. The highest BCUT2D eigenvalue weighted by molar-refractivity contribution is 6.35. The average molecular weight is 653 g/mol. The van der Waals surface area contributed by atoms with Crippen molar-refractivity contribution >= 4 is 46.4 Å². The van der Waals surface area contributed by atoms with Gasteiger partial charge in [-0.2, -0.15) is 26.3 Å². The van der Waals surface area contributed by atoms with E-state index in [0.717, 1.165) is 12.1 Å².